The molecule has 4 rings (SSSR count). The van der Waals surface area contributed by atoms with Crippen molar-refractivity contribution in [3.05, 3.63) is 26.9 Å². The van der Waals surface area contributed by atoms with Crippen molar-refractivity contribution >= 4 is 66.0 Å². The van der Waals surface area contributed by atoms with Gasteiger partial charge in [0.15, 0.2) is 16.0 Å². The summed E-state index contributed by atoms with van der Waals surface area (Å²) in [6, 6.07) is 4.21. The molecule has 0 bridgehead atoms. The molecule has 0 saturated heterocycles. The Hall–Kier alpha value is -0.850. The lowest BCUT2D eigenvalue weighted by Crippen LogP contribution is -2.00. The van der Waals surface area contributed by atoms with Crippen LogP contribution in [0.2, 0.25) is 5.15 Å². The van der Waals surface area contributed by atoms with Crippen LogP contribution in [-0.4, -0.2) is 19.6 Å². The van der Waals surface area contributed by atoms with Gasteiger partial charge in [-0.1, -0.05) is 22.9 Å². The van der Waals surface area contributed by atoms with E-state index in [-0.39, 0.29) is 0 Å². The van der Waals surface area contributed by atoms with Gasteiger partial charge >= 0.3 is 0 Å². The molecule has 1 fully saturated rings. The minimum Gasteiger partial charge on any atom is -0.294 e. The van der Waals surface area contributed by atoms with Crippen molar-refractivity contribution in [3.8, 4) is 16.9 Å². The van der Waals surface area contributed by atoms with E-state index in [0.717, 1.165) is 43.7 Å². The largest absolute Gasteiger partial charge is 0.294 e. The number of pyridine rings is 1. The highest BCUT2D eigenvalue weighted by molar-refractivity contribution is 9.10. The zero-order valence-electron chi connectivity index (χ0n) is 11.3. The highest BCUT2D eigenvalue weighted by Gasteiger charge is 2.48. The smallest absolute Gasteiger partial charge is 0.184 e. The van der Waals surface area contributed by atoms with E-state index < -0.39 is 5.41 Å². The minimum atomic E-state index is -0.454. The van der Waals surface area contributed by atoms with E-state index in [1.165, 1.54) is 11.3 Å². The summed E-state index contributed by atoms with van der Waals surface area (Å²) in [6.45, 7) is 0. The Labute approximate surface area is 157 Å². The summed E-state index contributed by atoms with van der Waals surface area (Å²) in [4.78, 5) is 5.26. The van der Waals surface area contributed by atoms with Gasteiger partial charge in [0.05, 0.1) is 11.6 Å². The molecule has 23 heavy (non-hydrogen) atoms. The van der Waals surface area contributed by atoms with Crippen LogP contribution in [0.4, 0.5) is 0 Å². The van der Waals surface area contributed by atoms with Gasteiger partial charge in [-0.25, -0.2) is 4.98 Å². The summed E-state index contributed by atoms with van der Waals surface area (Å²) in [5.41, 5.74) is 0.291. The first-order valence-corrected chi connectivity index (χ1v) is 10.1. The van der Waals surface area contributed by atoms with E-state index in [2.05, 4.69) is 37.2 Å². The molecule has 5 nitrogen and oxygen atoms in total. The third-order valence-corrected chi connectivity index (χ3v) is 6.63. The van der Waals surface area contributed by atoms with E-state index in [4.69, 9.17) is 22.3 Å². The Bertz CT molecular complexity index is 973. The third-order valence-electron chi connectivity index (χ3n) is 3.70. The first-order valence-electron chi connectivity index (χ1n) is 6.49. The first kappa shape index (κ1) is 15.7. The summed E-state index contributed by atoms with van der Waals surface area (Å²) < 4.78 is 2.64. The number of hydrogen-bond donors (Lipinski definition) is 0. The maximum Gasteiger partial charge on any atom is 0.184 e. The number of hydrogen-bond acceptors (Lipinski definition) is 6. The molecular formula is C13H6BrCl2N5S2. The lowest BCUT2D eigenvalue weighted by molar-refractivity contribution is 0.852. The van der Waals surface area contributed by atoms with E-state index in [0.29, 0.717) is 16.0 Å². The topological polar surface area (TPSA) is 66.9 Å². The number of nitriles is 1. The fourth-order valence-corrected chi connectivity index (χ4v) is 5.05. The van der Waals surface area contributed by atoms with Gasteiger partial charge in [-0.3, -0.25) is 4.40 Å². The van der Waals surface area contributed by atoms with Gasteiger partial charge in [0.25, 0.3) is 0 Å². The molecular weight excluding hydrogens is 441 g/mol. The highest BCUT2D eigenvalue weighted by Crippen LogP contribution is 2.49. The number of fused-ring (bicyclic) bond motifs is 1. The monoisotopic (exact) mass is 445 g/mol. The van der Waals surface area contributed by atoms with Gasteiger partial charge in [0, 0.05) is 15.6 Å². The lowest BCUT2D eigenvalue weighted by atomic mass is 10.1. The molecule has 0 aliphatic heterocycles. The van der Waals surface area contributed by atoms with E-state index in [9.17, 15) is 5.26 Å². The van der Waals surface area contributed by atoms with Crippen LogP contribution in [0.3, 0.4) is 0 Å². The SMILES string of the molecule is N#CC1(c2nnc(-c3nc(Cl)c4c(Br)cc(SCl)cn34)s2)CC1. The van der Waals surface area contributed by atoms with Gasteiger partial charge in [-0.2, -0.15) is 5.26 Å². The van der Waals surface area contributed by atoms with Crippen molar-refractivity contribution in [2.45, 2.75) is 23.2 Å². The van der Waals surface area contributed by atoms with Crippen LogP contribution < -0.4 is 0 Å². The first-order chi connectivity index (χ1) is 11.1. The number of nitrogens with zero attached hydrogens (tertiary/aromatic N) is 5. The van der Waals surface area contributed by atoms with E-state index >= 15 is 0 Å². The van der Waals surface area contributed by atoms with Gasteiger partial charge in [0.2, 0.25) is 0 Å². The molecule has 3 aromatic heterocycles. The second-order valence-electron chi connectivity index (χ2n) is 5.15. The van der Waals surface area contributed by atoms with Crippen LogP contribution in [0.1, 0.15) is 17.8 Å². The van der Waals surface area contributed by atoms with Crippen LogP contribution in [0, 0.1) is 11.3 Å². The van der Waals surface area contributed by atoms with Gasteiger partial charge in [-0.15, -0.1) is 10.2 Å². The van der Waals surface area contributed by atoms with Gasteiger partial charge in [0.1, 0.15) is 10.4 Å². The number of imidazole rings is 1. The molecule has 116 valence electrons. The van der Waals surface area contributed by atoms with Crippen molar-refractivity contribution in [1.29, 1.82) is 5.26 Å². The maximum absolute atomic E-state index is 9.29. The average Bonchev–Trinajstić information content (AvgIpc) is 3.06. The average molecular weight is 447 g/mol. The second kappa shape index (κ2) is 5.60. The zero-order chi connectivity index (χ0) is 16.2. The summed E-state index contributed by atoms with van der Waals surface area (Å²) in [7, 11) is 6.97. The normalized spacial score (nSPS) is 15.7. The third kappa shape index (κ3) is 2.46. The van der Waals surface area contributed by atoms with Crippen LogP contribution in [0.15, 0.2) is 21.6 Å². The van der Waals surface area contributed by atoms with Crippen LogP contribution in [0.5, 0.6) is 0 Å². The van der Waals surface area contributed by atoms with Crippen molar-refractivity contribution in [3.63, 3.8) is 0 Å². The van der Waals surface area contributed by atoms with Crippen LogP contribution in [-0.2, 0) is 5.41 Å². The Morgan fingerprint density at radius 1 is 1.43 bits per heavy atom. The number of halogens is 3. The second-order valence-corrected chi connectivity index (χ2v) is 8.43. The molecule has 0 spiro atoms. The standard InChI is InChI=1S/C13H6BrCl2N5S2/c14-7-3-6(23-16)4-21-8(7)9(15)18-10(21)11-19-20-12(22-11)13(5-17)1-2-13/h3-4H,1-2H2. The molecule has 1 saturated carbocycles. The fourth-order valence-electron chi connectivity index (χ4n) is 2.30. The van der Waals surface area contributed by atoms with Crippen molar-refractivity contribution < 1.29 is 0 Å². The van der Waals surface area contributed by atoms with Crippen LogP contribution in [0.25, 0.3) is 16.3 Å². The Morgan fingerprint density at radius 2 is 2.22 bits per heavy atom. The zero-order valence-corrected chi connectivity index (χ0v) is 16.0. The lowest BCUT2D eigenvalue weighted by Gasteiger charge is -2.02. The van der Waals surface area contributed by atoms with Crippen molar-refractivity contribution in [1.82, 2.24) is 19.6 Å². The maximum atomic E-state index is 9.29. The summed E-state index contributed by atoms with van der Waals surface area (Å²) in [5.74, 6) is 0.593. The summed E-state index contributed by atoms with van der Waals surface area (Å²) >= 11 is 11.1. The molecule has 1 aliphatic carbocycles. The van der Waals surface area contributed by atoms with E-state index in [1.54, 1.807) is 0 Å². The number of rotatable bonds is 3. The molecule has 0 atom stereocenters. The molecule has 10 heteroatoms. The summed E-state index contributed by atoms with van der Waals surface area (Å²) in [6.07, 6.45) is 3.52. The Kier molecular flexibility index (Phi) is 3.82. The molecule has 1 aliphatic rings. The van der Waals surface area contributed by atoms with Crippen LogP contribution >= 0.6 is 60.5 Å². The predicted molar refractivity (Wildman–Crippen MR) is 95.0 cm³/mol. The number of aromatic nitrogens is 4. The highest BCUT2D eigenvalue weighted by atomic mass is 79.9. The molecule has 0 amide bonds. The molecule has 0 aromatic carbocycles. The molecule has 3 heterocycles. The Morgan fingerprint density at radius 3 is 2.87 bits per heavy atom. The molecule has 0 unspecified atom stereocenters. The van der Waals surface area contributed by atoms with Gasteiger partial charge in [-0.05, 0) is 56.5 Å². The fraction of sp³-hybridized carbons (Fsp3) is 0.231. The predicted octanol–water partition coefficient (Wildman–Crippen LogP) is 5.07. The summed E-state index contributed by atoms with van der Waals surface area (Å²) in [5, 5.41) is 19.4. The van der Waals surface area contributed by atoms with E-state index in [1.807, 2.05) is 16.7 Å². The molecule has 0 N–H and O–H groups in total. The minimum absolute atomic E-state index is 0.371. The van der Waals surface area contributed by atoms with Crippen molar-refractivity contribution in [2.24, 2.45) is 0 Å². The van der Waals surface area contributed by atoms with Crippen molar-refractivity contribution in [2.75, 3.05) is 0 Å². The molecule has 3 aromatic rings. The Balaban J connectivity index is 1.90. The molecule has 0 radical (unpaired) electrons. The quantitative estimate of drug-likeness (QED) is 0.561. The van der Waals surface area contributed by atoms with Gasteiger partial charge < -0.3 is 0 Å².